The maximum absolute atomic E-state index is 12.2. The number of rotatable bonds is 5. The van der Waals surface area contributed by atoms with E-state index in [1.165, 1.54) is 5.56 Å². The van der Waals surface area contributed by atoms with Gasteiger partial charge in [-0.2, -0.15) is 0 Å². The molecule has 3 rings (SSSR count). The summed E-state index contributed by atoms with van der Waals surface area (Å²) >= 11 is 3.53. The Balaban J connectivity index is 1.62. The second-order valence-electron chi connectivity index (χ2n) is 5.71. The van der Waals surface area contributed by atoms with Crippen LogP contribution in [0.1, 0.15) is 21.5 Å². The van der Waals surface area contributed by atoms with E-state index in [-0.39, 0.29) is 5.91 Å². The average Bonchev–Trinajstić information content (AvgIpc) is 2.63. The summed E-state index contributed by atoms with van der Waals surface area (Å²) in [4.78, 5) is 16.5. The first-order chi connectivity index (χ1) is 12.1. The molecular formula is C20H18BrN3O. The normalized spacial score (nSPS) is 10.3. The molecule has 126 valence electrons. The molecule has 0 spiro atoms. The van der Waals surface area contributed by atoms with E-state index in [2.05, 4.69) is 31.5 Å². The number of hydrogen-bond acceptors (Lipinski definition) is 3. The molecule has 0 unspecified atom stereocenters. The minimum atomic E-state index is -0.139. The summed E-state index contributed by atoms with van der Waals surface area (Å²) < 4.78 is 0.971. The highest BCUT2D eigenvalue weighted by Crippen LogP contribution is 2.26. The molecule has 1 heterocycles. The van der Waals surface area contributed by atoms with Crippen LogP contribution < -0.4 is 10.6 Å². The Hall–Kier alpha value is -2.66. The minimum absolute atomic E-state index is 0.139. The summed E-state index contributed by atoms with van der Waals surface area (Å²) in [7, 11) is 0. The monoisotopic (exact) mass is 395 g/mol. The van der Waals surface area contributed by atoms with Gasteiger partial charge in [0.2, 0.25) is 0 Å². The summed E-state index contributed by atoms with van der Waals surface area (Å²) in [6.07, 6.45) is 1.57. The van der Waals surface area contributed by atoms with E-state index in [4.69, 9.17) is 0 Å². The summed E-state index contributed by atoms with van der Waals surface area (Å²) in [6, 6.07) is 19.4. The van der Waals surface area contributed by atoms with E-state index >= 15 is 0 Å². The molecule has 2 N–H and O–H groups in total. The molecule has 25 heavy (non-hydrogen) atoms. The highest BCUT2D eigenvalue weighted by molar-refractivity contribution is 9.10. The van der Waals surface area contributed by atoms with Gasteiger partial charge in [0, 0.05) is 17.2 Å². The van der Waals surface area contributed by atoms with E-state index in [0.29, 0.717) is 17.9 Å². The smallest absolute Gasteiger partial charge is 0.253 e. The molecule has 0 saturated carbocycles. The average molecular weight is 396 g/mol. The van der Waals surface area contributed by atoms with Gasteiger partial charge in [-0.05, 0) is 58.2 Å². The van der Waals surface area contributed by atoms with Crippen LogP contribution in [0.3, 0.4) is 0 Å². The lowest BCUT2D eigenvalue weighted by molar-refractivity contribution is 0.0950. The second kappa shape index (κ2) is 7.94. The van der Waals surface area contributed by atoms with Crippen LogP contribution in [-0.2, 0) is 6.54 Å². The van der Waals surface area contributed by atoms with Gasteiger partial charge >= 0.3 is 0 Å². The van der Waals surface area contributed by atoms with E-state index in [0.717, 1.165) is 15.7 Å². The molecule has 1 amide bonds. The molecule has 0 aliphatic carbocycles. The number of nitrogens with zero attached hydrogens (tertiary/aromatic N) is 1. The zero-order valence-corrected chi connectivity index (χ0v) is 15.4. The van der Waals surface area contributed by atoms with Gasteiger partial charge in [-0.3, -0.25) is 4.79 Å². The Morgan fingerprint density at radius 1 is 1.08 bits per heavy atom. The van der Waals surface area contributed by atoms with E-state index < -0.39 is 0 Å². The molecule has 0 atom stereocenters. The van der Waals surface area contributed by atoms with Gasteiger partial charge in [0.1, 0.15) is 5.82 Å². The molecule has 0 radical (unpaired) electrons. The number of aromatic nitrogens is 1. The van der Waals surface area contributed by atoms with Crippen molar-refractivity contribution >= 4 is 33.3 Å². The Morgan fingerprint density at radius 3 is 2.56 bits per heavy atom. The van der Waals surface area contributed by atoms with E-state index in [1.54, 1.807) is 18.3 Å². The fraction of sp³-hybridized carbons (Fsp3) is 0.100. The molecule has 5 heteroatoms. The van der Waals surface area contributed by atoms with Crippen molar-refractivity contribution in [3.63, 3.8) is 0 Å². The van der Waals surface area contributed by atoms with Crippen LogP contribution >= 0.6 is 15.9 Å². The Labute approximate surface area is 155 Å². The third kappa shape index (κ3) is 4.67. The number of carbonyl (C=O) groups excluding carboxylic acids is 1. The van der Waals surface area contributed by atoms with E-state index in [9.17, 15) is 4.79 Å². The van der Waals surface area contributed by atoms with Crippen LogP contribution in [0, 0.1) is 6.92 Å². The number of benzene rings is 2. The molecule has 4 nitrogen and oxygen atoms in total. The lowest BCUT2D eigenvalue weighted by Crippen LogP contribution is -2.22. The fourth-order valence-electron chi connectivity index (χ4n) is 2.34. The quantitative estimate of drug-likeness (QED) is 0.650. The van der Waals surface area contributed by atoms with Crippen LogP contribution in [0.5, 0.6) is 0 Å². The van der Waals surface area contributed by atoms with Gasteiger partial charge in [0.25, 0.3) is 5.91 Å². The molecule has 1 aromatic heterocycles. The molecule has 0 bridgehead atoms. The zero-order valence-electron chi connectivity index (χ0n) is 13.8. The Bertz CT molecular complexity index is 864. The highest BCUT2D eigenvalue weighted by Gasteiger charge is 2.07. The van der Waals surface area contributed by atoms with Gasteiger partial charge in [-0.25, -0.2) is 4.98 Å². The number of amides is 1. The first kappa shape index (κ1) is 17.2. The summed E-state index contributed by atoms with van der Waals surface area (Å²) in [5.41, 5.74) is 3.70. The molecule has 2 aromatic carbocycles. The second-order valence-corrected chi connectivity index (χ2v) is 6.56. The van der Waals surface area contributed by atoms with Gasteiger partial charge in [-0.15, -0.1) is 0 Å². The van der Waals surface area contributed by atoms with Gasteiger partial charge < -0.3 is 10.6 Å². The van der Waals surface area contributed by atoms with E-state index in [1.807, 2.05) is 55.5 Å². The Kier molecular flexibility index (Phi) is 5.46. The molecular weight excluding hydrogens is 378 g/mol. The third-order valence-electron chi connectivity index (χ3n) is 3.71. The molecule has 0 saturated heterocycles. The van der Waals surface area contributed by atoms with Crippen molar-refractivity contribution in [2.24, 2.45) is 0 Å². The predicted octanol–water partition coefficient (Wildman–Crippen LogP) is 4.83. The van der Waals surface area contributed by atoms with Crippen molar-refractivity contribution in [1.82, 2.24) is 10.3 Å². The van der Waals surface area contributed by atoms with Gasteiger partial charge in [-0.1, -0.05) is 36.4 Å². The van der Waals surface area contributed by atoms with Crippen LogP contribution in [0.2, 0.25) is 0 Å². The van der Waals surface area contributed by atoms with Crippen molar-refractivity contribution in [2.45, 2.75) is 13.5 Å². The first-order valence-electron chi connectivity index (χ1n) is 7.93. The van der Waals surface area contributed by atoms with Crippen molar-refractivity contribution in [3.05, 3.63) is 88.0 Å². The number of halogens is 1. The number of carbonyl (C=O) groups is 1. The number of anilines is 2. The third-order valence-corrected chi connectivity index (χ3v) is 4.36. The minimum Gasteiger partial charge on any atom is -0.348 e. The van der Waals surface area contributed by atoms with Crippen LogP contribution in [0.25, 0.3) is 0 Å². The molecule has 0 fully saturated rings. The first-order valence-corrected chi connectivity index (χ1v) is 8.72. The molecule has 0 aliphatic heterocycles. The number of pyridine rings is 1. The maximum atomic E-state index is 12.2. The SMILES string of the molecule is Cc1ccc(Nc2ccc(C(=O)NCc3ccccc3)cn2)c(Br)c1. The number of aryl methyl sites for hydroxylation is 1. The van der Waals surface area contributed by atoms with Crippen molar-refractivity contribution in [3.8, 4) is 0 Å². The van der Waals surface area contributed by atoms with Crippen molar-refractivity contribution in [2.75, 3.05) is 5.32 Å². The highest BCUT2D eigenvalue weighted by atomic mass is 79.9. The lowest BCUT2D eigenvalue weighted by Gasteiger charge is -2.09. The van der Waals surface area contributed by atoms with Crippen LogP contribution in [0.15, 0.2) is 71.3 Å². The van der Waals surface area contributed by atoms with Gasteiger partial charge in [0.05, 0.1) is 11.3 Å². The summed E-state index contributed by atoms with van der Waals surface area (Å²) in [5.74, 6) is 0.545. The van der Waals surface area contributed by atoms with Crippen LogP contribution in [-0.4, -0.2) is 10.9 Å². The van der Waals surface area contributed by atoms with Crippen LogP contribution in [0.4, 0.5) is 11.5 Å². The molecule has 3 aromatic rings. The summed E-state index contributed by atoms with van der Waals surface area (Å²) in [6.45, 7) is 2.53. The predicted molar refractivity (Wildman–Crippen MR) is 104 cm³/mol. The Morgan fingerprint density at radius 2 is 1.88 bits per heavy atom. The largest absolute Gasteiger partial charge is 0.348 e. The van der Waals surface area contributed by atoms with Gasteiger partial charge in [0.15, 0.2) is 0 Å². The number of hydrogen-bond donors (Lipinski definition) is 2. The fourth-order valence-corrected chi connectivity index (χ4v) is 2.93. The lowest BCUT2D eigenvalue weighted by atomic mass is 10.2. The topological polar surface area (TPSA) is 54.0 Å². The number of nitrogens with one attached hydrogen (secondary N) is 2. The standard InChI is InChI=1S/C20H18BrN3O/c1-14-7-9-18(17(21)11-14)24-19-10-8-16(13-22-19)20(25)23-12-15-5-3-2-4-6-15/h2-11,13H,12H2,1H3,(H,22,24)(H,23,25). The molecule has 0 aliphatic rings. The zero-order chi connectivity index (χ0) is 17.6. The summed E-state index contributed by atoms with van der Waals surface area (Å²) in [5, 5.41) is 6.13. The van der Waals surface area contributed by atoms with Crippen molar-refractivity contribution in [1.29, 1.82) is 0 Å². The maximum Gasteiger partial charge on any atom is 0.253 e. The van der Waals surface area contributed by atoms with Crippen molar-refractivity contribution < 1.29 is 4.79 Å².